The van der Waals surface area contributed by atoms with Crippen molar-refractivity contribution in [3.8, 4) is 28.7 Å². The van der Waals surface area contributed by atoms with Gasteiger partial charge in [0, 0.05) is 26.3 Å². The smallest absolute Gasteiger partial charge is 0.200 e. The molecule has 1 aromatic heterocycles. The van der Waals surface area contributed by atoms with Gasteiger partial charge in [0.15, 0.2) is 23.0 Å². The second kappa shape index (κ2) is 15.1. The van der Waals surface area contributed by atoms with Gasteiger partial charge < -0.3 is 40.4 Å². The van der Waals surface area contributed by atoms with Gasteiger partial charge in [-0.2, -0.15) is 0 Å². The van der Waals surface area contributed by atoms with Gasteiger partial charge in [0.25, 0.3) is 0 Å². The Hall–Kier alpha value is -4.02. The number of nitrogens with two attached hydrogens (primary N) is 1. The quantitative estimate of drug-likeness (QED) is 0.125. The molecule has 3 atom stereocenters. The molecule has 0 amide bonds. The molecule has 0 saturated heterocycles. The fourth-order valence-corrected chi connectivity index (χ4v) is 5.16. The van der Waals surface area contributed by atoms with Crippen molar-refractivity contribution in [2.45, 2.75) is 50.5 Å². The summed E-state index contributed by atoms with van der Waals surface area (Å²) in [6, 6.07) is 11.5. The second-order valence-corrected chi connectivity index (χ2v) is 10.0. The Labute approximate surface area is 240 Å². The SMILES string of the molecule is COCCC[C@@H](c1ccnc(N)c1)[C@H](C(=O)CCc1cc(O)c(O)c(OC)c1)[C@H](O)CCc1ccc(O)c(OC)c1. The third-order valence-corrected chi connectivity index (χ3v) is 7.28. The number of methoxy groups -OCH3 is 3. The van der Waals surface area contributed by atoms with E-state index in [0.29, 0.717) is 49.4 Å². The van der Waals surface area contributed by atoms with Gasteiger partial charge in [-0.3, -0.25) is 4.79 Å². The molecule has 1 heterocycles. The van der Waals surface area contributed by atoms with Crippen LogP contribution in [0, 0.1) is 5.92 Å². The average Bonchev–Trinajstić information content (AvgIpc) is 2.96. The Morgan fingerprint density at radius 3 is 2.32 bits per heavy atom. The number of ether oxygens (including phenoxy) is 3. The van der Waals surface area contributed by atoms with E-state index in [-0.39, 0.29) is 47.5 Å². The van der Waals surface area contributed by atoms with Crippen LogP contribution in [0.15, 0.2) is 48.7 Å². The number of phenolic OH excluding ortho intramolecular Hbond substituents is 3. The Kier molecular flexibility index (Phi) is 11.6. The number of Topliss-reactive ketones (excluding diaryl/α,β-unsaturated/α-hetero) is 1. The fraction of sp³-hybridized carbons (Fsp3) is 0.419. The van der Waals surface area contributed by atoms with Gasteiger partial charge in [0.05, 0.1) is 26.2 Å². The summed E-state index contributed by atoms with van der Waals surface area (Å²) in [5.74, 6) is -1.17. The van der Waals surface area contributed by atoms with Crippen LogP contribution in [0.4, 0.5) is 5.82 Å². The van der Waals surface area contributed by atoms with Crippen LogP contribution in [0.5, 0.6) is 28.7 Å². The van der Waals surface area contributed by atoms with Crippen molar-refractivity contribution in [1.82, 2.24) is 4.98 Å². The number of ketones is 1. The lowest BCUT2D eigenvalue weighted by atomic mass is 9.75. The largest absolute Gasteiger partial charge is 0.504 e. The maximum atomic E-state index is 13.9. The molecule has 0 radical (unpaired) electrons. The highest BCUT2D eigenvalue weighted by Crippen LogP contribution is 2.38. The normalized spacial score (nSPS) is 13.4. The molecule has 0 unspecified atom stereocenters. The summed E-state index contributed by atoms with van der Waals surface area (Å²) in [6.07, 6.45) is 2.94. The number of carbonyl (C=O) groups is 1. The van der Waals surface area contributed by atoms with Crippen LogP contribution < -0.4 is 15.2 Å². The van der Waals surface area contributed by atoms with Crippen molar-refractivity contribution in [2.24, 2.45) is 5.92 Å². The van der Waals surface area contributed by atoms with Crippen molar-refractivity contribution in [1.29, 1.82) is 0 Å². The van der Waals surface area contributed by atoms with Crippen molar-refractivity contribution < 1.29 is 39.4 Å². The minimum Gasteiger partial charge on any atom is -0.504 e. The van der Waals surface area contributed by atoms with Gasteiger partial charge in [-0.05, 0) is 91.1 Å². The van der Waals surface area contributed by atoms with Gasteiger partial charge in [0.1, 0.15) is 11.6 Å². The lowest BCUT2D eigenvalue weighted by Crippen LogP contribution is -2.35. The Morgan fingerprint density at radius 2 is 1.63 bits per heavy atom. The first-order chi connectivity index (χ1) is 19.7. The number of nitrogens with zero attached hydrogens (tertiary/aromatic N) is 1. The number of hydrogen-bond donors (Lipinski definition) is 5. The number of aryl methyl sites for hydroxylation is 2. The summed E-state index contributed by atoms with van der Waals surface area (Å²) < 4.78 is 15.6. The standard InChI is InChI=1S/C31H40N2O8/c1-39-14-4-5-22(21-12-13-33-29(32)18-21)30(24(35)10-7-19-6-9-23(34)27(16-19)40-2)25(36)11-8-20-15-26(37)31(38)28(17-20)41-3/h6,9,12-13,15-18,22,24,30,34-35,37-38H,4-5,7-8,10-11,14H2,1-3H3,(H2,32,33)/t22-,24+,30-/m0/s1. The maximum absolute atomic E-state index is 13.9. The van der Waals surface area contributed by atoms with Crippen molar-refractivity contribution in [2.75, 3.05) is 33.7 Å². The first kappa shape index (κ1) is 31.5. The molecule has 0 bridgehead atoms. The van der Waals surface area contributed by atoms with Crippen molar-refractivity contribution >= 4 is 11.6 Å². The minimum atomic E-state index is -0.994. The molecule has 6 N–H and O–H groups in total. The molecule has 3 rings (SSSR count). The third kappa shape index (κ3) is 8.48. The molecule has 0 fully saturated rings. The molecule has 222 valence electrons. The van der Waals surface area contributed by atoms with Crippen LogP contribution >= 0.6 is 0 Å². The van der Waals surface area contributed by atoms with E-state index in [9.17, 15) is 25.2 Å². The molecule has 0 saturated carbocycles. The zero-order valence-electron chi connectivity index (χ0n) is 23.7. The van der Waals surface area contributed by atoms with E-state index in [0.717, 1.165) is 11.1 Å². The van der Waals surface area contributed by atoms with Gasteiger partial charge in [-0.1, -0.05) is 6.07 Å². The number of nitrogen functional groups attached to an aromatic ring is 1. The van der Waals surface area contributed by atoms with Gasteiger partial charge in [-0.25, -0.2) is 4.98 Å². The second-order valence-electron chi connectivity index (χ2n) is 10.0. The highest BCUT2D eigenvalue weighted by atomic mass is 16.5. The number of aliphatic hydroxyl groups excluding tert-OH is 1. The summed E-state index contributed by atoms with van der Waals surface area (Å²) in [5.41, 5.74) is 8.26. The lowest BCUT2D eigenvalue weighted by Gasteiger charge is -2.31. The number of anilines is 1. The molecule has 0 spiro atoms. The zero-order valence-corrected chi connectivity index (χ0v) is 23.7. The summed E-state index contributed by atoms with van der Waals surface area (Å²) in [4.78, 5) is 18.0. The molecule has 0 aliphatic carbocycles. The van der Waals surface area contributed by atoms with Gasteiger partial charge in [0.2, 0.25) is 5.75 Å². The molecular weight excluding hydrogens is 528 g/mol. The summed E-state index contributed by atoms with van der Waals surface area (Å²) in [5, 5.41) is 41.5. The van der Waals surface area contributed by atoms with E-state index in [1.807, 2.05) is 6.07 Å². The molecule has 3 aromatic rings. The summed E-state index contributed by atoms with van der Waals surface area (Å²) in [7, 11) is 4.46. The molecule has 0 aliphatic rings. The van der Waals surface area contributed by atoms with Crippen molar-refractivity contribution in [3.05, 3.63) is 65.4 Å². The van der Waals surface area contributed by atoms with E-state index >= 15 is 0 Å². The van der Waals surface area contributed by atoms with Gasteiger partial charge >= 0.3 is 0 Å². The Morgan fingerprint density at radius 1 is 0.902 bits per heavy atom. The predicted molar refractivity (Wildman–Crippen MR) is 155 cm³/mol. The van der Waals surface area contributed by atoms with Crippen LogP contribution in [0.25, 0.3) is 0 Å². The van der Waals surface area contributed by atoms with Crippen LogP contribution in [0.3, 0.4) is 0 Å². The number of aliphatic hydroxyl groups is 1. The van der Waals surface area contributed by atoms with E-state index < -0.39 is 12.0 Å². The van der Waals surface area contributed by atoms with E-state index in [2.05, 4.69) is 4.98 Å². The number of hydrogen-bond acceptors (Lipinski definition) is 10. The van der Waals surface area contributed by atoms with E-state index in [4.69, 9.17) is 19.9 Å². The maximum Gasteiger partial charge on any atom is 0.200 e. The number of phenols is 3. The molecule has 2 aromatic carbocycles. The predicted octanol–water partition coefficient (Wildman–Crippen LogP) is 4.12. The van der Waals surface area contributed by atoms with Crippen LogP contribution in [0.2, 0.25) is 0 Å². The first-order valence-electron chi connectivity index (χ1n) is 13.5. The number of carbonyl (C=O) groups excluding carboxylic acids is 1. The molecule has 10 nitrogen and oxygen atoms in total. The molecular formula is C31H40N2O8. The first-order valence-corrected chi connectivity index (χ1v) is 13.5. The topological polar surface area (TPSA) is 165 Å². The van der Waals surface area contributed by atoms with Crippen molar-refractivity contribution in [3.63, 3.8) is 0 Å². The lowest BCUT2D eigenvalue weighted by molar-refractivity contribution is -0.127. The van der Waals surface area contributed by atoms with Crippen LogP contribution in [0.1, 0.15) is 48.3 Å². The third-order valence-electron chi connectivity index (χ3n) is 7.28. The molecule has 10 heteroatoms. The monoisotopic (exact) mass is 568 g/mol. The van der Waals surface area contributed by atoms with E-state index in [1.54, 1.807) is 37.6 Å². The fourth-order valence-electron chi connectivity index (χ4n) is 5.16. The molecule has 0 aliphatic heterocycles. The highest BCUT2D eigenvalue weighted by molar-refractivity contribution is 5.83. The zero-order chi connectivity index (χ0) is 29.9. The Balaban J connectivity index is 1.90. The highest BCUT2D eigenvalue weighted by Gasteiger charge is 2.35. The van der Waals surface area contributed by atoms with Gasteiger partial charge in [-0.15, -0.1) is 0 Å². The Bertz CT molecular complexity index is 1300. The van der Waals surface area contributed by atoms with E-state index in [1.165, 1.54) is 26.4 Å². The number of aromatic hydroxyl groups is 3. The number of pyridine rings is 1. The van der Waals surface area contributed by atoms with Crippen LogP contribution in [-0.4, -0.2) is 65.2 Å². The summed E-state index contributed by atoms with van der Waals surface area (Å²) >= 11 is 0. The number of rotatable bonds is 16. The van der Waals surface area contributed by atoms with Crippen LogP contribution in [-0.2, 0) is 22.4 Å². The molecule has 41 heavy (non-hydrogen) atoms. The average molecular weight is 569 g/mol. The number of benzene rings is 2. The minimum absolute atomic E-state index is 0.0234. The number of aromatic nitrogens is 1. The summed E-state index contributed by atoms with van der Waals surface area (Å²) in [6.45, 7) is 0.494.